The average Bonchev–Trinajstić information content (AvgIpc) is 2.65. The molecule has 1 aliphatic heterocycles. The summed E-state index contributed by atoms with van der Waals surface area (Å²) in [7, 11) is 0. The van der Waals surface area contributed by atoms with Gasteiger partial charge in [-0.15, -0.1) is 0 Å². The van der Waals surface area contributed by atoms with Crippen LogP contribution in [0.3, 0.4) is 0 Å². The third-order valence-electron chi connectivity index (χ3n) is 3.67. The summed E-state index contributed by atoms with van der Waals surface area (Å²) >= 11 is 0. The Balaban J connectivity index is 1.87. The number of carbonyl (C=O) groups is 1. The van der Waals surface area contributed by atoms with Crippen LogP contribution in [0.25, 0.3) is 0 Å². The zero-order valence-corrected chi connectivity index (χ0v) is 11.1. The second kappa shape index (κ2) is 6.55. The summed E-state index contributed by atoms with van der Waals surface area (Å²) in [6.45, 7) is 7.22. The van der Waals surface area contributed by atoms with Crippen molar-refractivity contribution in [3.05, 3.63) is 35.9 Å². The van der Waals surface area contributed by atoms with Crippen LogP contribution in [0.4, 0.5) is 0 Å². The molecule has 1 unspecified atom stereocenters. The highest BCUT2D eigenvalue weighted by atomic mass is 16.1. The maximum atomic E-state index is 10.8. The standard InChI is InChI=1S/C15H22N2O/c1-14(15-6-3-2-4-7-15)12-16-8-5-9-17(13-18)11-10-16/h2-4,6-7,13-14H,5,8-12H2,1H3. The third kappa shape index (κ3) is 3.57. The fourth-order valence-corrected chi connectivity index (χ4v) is 2.55. The van der Waals surface area contributed by atoms with Gasteiger partial charge in [-0.1, -0.05) is 37.3 Å². The molecule has 98 valence electrons. The summed E-state index contributed by atoms with van der Waals surface area (Å²) in [5.41, 5.74) is 1.40. The van der Waals surface area contributed by atoms with Crippen molar-refractivity contribution in [2.75, 3.05) is 32.7 Å². The van der Waals surface area contributed by atoms with Gasteiger partial charge in [0.1, 0.15) is 0 Å². The van der Waals surface area contributed by atoms with Crippen LogP contribution in [-0.2, 0) is 4.79 Å². The topological polar surface area (TPSA) is 23.6 Å². The van der Waals surface area contributed by atoms with Gasteiger partial charge in [0.15, 0.2) is 0 Å². The molecule has 1 heterocycles. The molecule has 1 saturated heterocycles. The fraction of sp³-hybridized carbons (Fsp3) is 0.533. The zero-order chi connectivity index (χ0) is 12.8. The van der Waals surface area contributed by atoms with Crippen LogP contribution in [0.15, 0.2) is 30.3 Å². The molecule has 0 saturated carbocycles. The van der Waals surface area contributed by atoms with Crippen molar-refractivity contribution in [2.24, 2.45) is 0 Å². The Bertz CT molecular complexity index is 366. The van der Waals surface area contributed by atoms with E-state index >= 15 is 0 Å². The van der Waals surface area contributed by atoms with Gasteiger partial charge in [-0.2, -0.15) is 0 Å². The quantitative estimate of drug-likeness (QED) is 0.758. The Morgan fingerprint density at radius 3 is 2.67 bits per heavy atom. The Morgan fingerprint density at radius 1 is 1.17 bits per heavy atom. The first-order valence-electron chi connectivity index (χ1n) is 6.76. The lowest BCUT2D eigenvalue weighted by Crippen LogP contribution is -2.32. The molecule has 2 rings (SSSR count). The molecule has 1 fully saturated rings. The first-order chi connectivity index (χ1) is 8.79. The molecule has 0 aromatic heterocycles. The summed E-state index contributed by atoms with van der Waals surface area (Å²) < 4.78 is 0. The smallest absolute Gasteiger partial charge is 0.209 e. The molecule has 1 aromatic carbocycles. The van der Waals surface area contributed by atoms with Crippen LogP contribution in [0.2, 0.25) is 0 Å². The summed E-state index contributed by atoms with van der Waals surface area (Å²) in [4.78, 5) is 15.1. The van der Waals surface area contributed by atoms with Gasteiger partial charge in [-0.05, 0) is 24.4 Å². The lowest BCUT2D eigenvalue weighted by Gasteiger charge is -2.24. The first kappa shape index (κ1) is 13.1. The molecule has 1 amide bonds. The van der Waals surface area contributed by atoms with E-state index in [1.807, 2.05) is 4.90 Å². The minimum absolute atomic E-state index is 0.550. The number of amides is 1. The van der Waals surface area contributed by atoms with Crippen molar-refractivity contribution >= 4 is 6.41 Å². The van der Waals surface area contributed by atoms with Gasteiger partial charge < -0.3 is 9.80 Å². The third-order valence-corrected chi connectivity index (χ3v) is 3.67. The van der Waals surface area contributed by atoms with Gasteiger partial charge >= 0.3 is 0 Å². The lowest BCUT2D eigenvalue weighted by atomic mass is 10.0. The SMILES string of the molecule is CC(CN1CCCN(C=O)CC1)c1ccccc1. The Labute approximate surface area is 109 Å². The molecule has 0 N–H and O–H groups in total. The molecule has 1 aliphatic rings. The largest absolute Gasteiger partial charge is 0.344 e. The molecule has 3 nitrogen and oxygen atoms in total. The minimum Gasteiger partial charge on any atom is -0.344 e. The molecular weight excluding hydrogens is 224 g/mol. The van der Waals surface area contributed by atoms with Crippen molar-refractivity contribution in [2.45, 2.75) is 19.3 Å². The van der Waals surface area contributed by atoms with Crippen LogP contribution >= 0.6 is 0 Å². The Hall–Kier alpha value is -1.35. The van der Waals surface area contributed by atoms with Gasteiger partial charge in [0.25, 0.3) is 0 Å². The highest BCUT2D eigenvalue weighted by Crippen LogP contribution is 2.16. The minimum atomic E-state index is 0.550. The predicted molar refractivity (Wildman–Crippen MR) is 73.6 cm³/mol. The number of hydrogen-bond acceptors (Lipinski definition) is 2. The summed E-state index contributed by atoms with van der Waals surface area (Å²) in [6.07, 6.45) is 2.06. The van der Waals surface area contributed by atoms with E-state index < -0.39 is 0 Å². The number of benzene rings is 1. The van der Waals surface area contributed by atoms with Crippen molar-refractivity contribution in [1.82, 2.24) is 9.80 Å². The van der Waals surface area contributed by atoms with Crippen LogP contribution in [0.1, 0.15) is 24.8 Å². The highest BCUT2D eigenvalue weighted by Gasteiger charge is 2.16. The second-order valence-corrected chi connectivity index (χ2v) is 5.11. The normalized spacial score (nSPS) is 19.3. The molecule has 0 aliphatic carbocycles. The van der Waals surface area contributed by atoms with Crippen LogP contribution < -0.4 is 0 Å². The summed E-state index contributed by atoms with van der Waals surface area (Å²) in [5, 5.41) is 0. The Kier molecular flexibility index (Phi) is 4.76. The molecule has 0 spiro atoms. The molecule has 0 bridgehead atoms. The highest BCUT2D eigenvalue weighted by molar-refractivity contribution is 5.46. The van der Waals surface area contributed by atoms with Crippen LogP contribution in [0, 0.1) is 0 Å². The second-order valence-electron chi connectivity index (χ2n) is 5.11. The predicted octanol–water partition coefficient (Wildman–Crippen LogP) is 1.95. The zero-order valence-electron chi connectivity index (χ0n) is 11.1. The van der Waals surface area contributed by atoms with Gasteiger partial charge in [-0.3, -0.25) is 4.79 Å². The van der Waals surface area contributed by atoms with Gasteiger partial charge in [0, 0.05) is 26.2 Å². The van der Waals surface area contributed by atoms with E-state index in [-0.39, 0.29) is 0 Å². The van der Waals surface area contributed by atoms with E-state index in [9.17, 15) is 4.79 Å². The number of nitrogens with zero attached hydrogens (tertiary/aromatic N) is 2. The monoisotopic (exact) mass is 246 g/mol. The molecule has 18 heavy (non-hydrogen) atoms. The van der Waals surface area contributed by atoms with Crippen molar-refractivity contribution in [1.29, 1.82) is 0 Å². The van der Waals surface area contributed by atoms with Gasteiger partial charge in [0.2, 0.25) is 6.41 Å². The van der Waals surface area contributed by atoms with E-state index in [1.165, 1.54) is 5.56 Å². The van der Waals surface area contributed by atoms with Crippen LogP contribution in [-0.4, -0.2) is 48.9 Å². The van der Waals surface area contributed by atoms with Crippen molar-refractivity contribution in [3.63, 3.8) is 0 Å². The molecule has 1 aromatic rings. The maximum absolute atomic E-state index is 10.8. The van der Waals surface area contributed by atoms with E-state index in [0.29, 0.717) is 5.92 Å². The van der Waals surface area contributed by atoms with Crippen LogP contribution in [0.5, 0.6) is 0 Å². The molecule has 1 atom stereocenters. The number of rotatable bonds is 4. The van der Waals surface area contributed by atoms with Crippen molar-refractivity contribution < 1.29 is 4.79 Å². The fourth-order valence-electron chi connectivity index (χ4n) is 2.55. The van der Waals surface area contributed by atoms with E-state index in [1.54, 1.807) is 0 Å². The van der Waals surface area contributed by atoms with E-state index in [4.69, 9.17) is 0 Å². The van der Waals surface area contributed by atoms with E-state index in [0.717, 1.165) is 45.6 Å². The maximum Gasteiger partial charge on any atom is 0.209 e. The average molecular weight is 246 g/mol. The van der Waals surface area contributed by atoms with E-state index in [2.05, 4.69) is 42.2 Å². The van der Waals surface area contributed by atoms with Crippen molar-refractivity contribution in [3.8, 4) is 0 Å². The number of hydrogen-bond donors (Lipinski definition) is 0. The first-order valence-corrected chi connectivity index (χ1v) is 6.76. The number of carbonyl (C=O) groups excluding carboxylic acids is 1. The Morgan fingerprint density at radius 2 is 1.94 bits per heavy atom. The molecule has 3 heteroatoms. The molecular formula is C15H22N2O. The summed E-state index contributed by atoms with van der Waals surface area (Å²) in [6, 6.07) is 10.6. The lowest BCUT2D eigenvalue weighted by molar-refractivity contribution is -0.118. The van der Waals surface area contributed by atoms with Gasteiger partial charge in [0.05, 0.1) is 0 Å². The summed E-state index contributed by atoms with van der Waals surface area (Å²) in [5.74, 6) is 0.550. The van der Waals surface area contributed by atoms with Gasteiger partial charge in [-0.25, -0.2) is 0 Å². The molecule has 0 radical (unpaired) electrons.